The minimum absolute atomic E-state index is 0.331. The van der Waals surface area contributed by atoms with Crippen molar-refractivity contribution in [3.05, 3.63) is 34.3 Å². The van der Waals surface area contributed by atoms with Crippen LogP contribution in [0.3, 0.4) is 0 Å². The van der Waals surface area contributed by atoms with Gasteiger partial charge in [0.1, 0.15) is 0 Å². The Morgan fingerprint density at radius 3 is 2.94 bits per heavy atom. The third-order valence-electron chi connectivity index (χ3n) is 3.94. The van der Waals surface area contributed by atoms with Crippen LogP contribution in [0.4, 0.5) is 0 Å². The van der Waals surface area contributed by atoms with E-state index in [9.17, 15) is 0 Å². The third kappa shape index (κ3) is 3.56. The van der Waals surface area contributed by atoms with Crippen molar-refractivity contribution in [1.82, 2.24) is 5.32 Å². The summed E-state index contributed by atoms with van der Waals surface area (Å²) in [5.74, 6) is 0. The number of hydrogen-bond acceptors (Lipinski definition) is 1. The van der Waals surface area contributed by atoms with E-state index in [0.717, 1.165) is 6.42 Å². The summed E-state index contributed by atoms with van der Waals surface area (Å²) in [5, 5.41) is 3.80. The molecule has 17 heavy (non-hydrogen) atoms. The third-order valence-corrected chi connectivity index (χ3v) is 4.43. The van der Waals surface area contributed by atoms with Crippen LogP contribution in [0.5, 0.6) is 0 Å². The highest BCUT2D eigenvalue weighted by Gasteiger charge is 2.28. The predicted octanol–water partition coefficient (Wildman–Crippen LogP) is 4.30. The summed E-state index contributed by atoms with van der Waals surface area (Å²) in [5.41, 5.74) is 1.77. The highest BCUT2D eigenvalue weighted by molar-refractivity contribution is 9.10. The zero-order valence-electron chi connectivity index (χ0n) is 10.6. The van der Waals surface area contributed by atoms with Gasteiger partial charge in [0.25, 0.3) is 0 Å². The fourth-order valence-corrected chi connectivity index (χ4v) is 3.27. The number of halogens is 1. The average Bonchev–Trinajstić information content (AvgIpc) is 2.55. The lowest BCUT2D eigenvalue weighted by Gasteiger charge is -2.33. The van der Waals surface area contributed by atoms with Gasteiger partial charge in [-0.3, -0.25) is 0 Å². The maximum absolute atomic E-state index is 3.80. The Balaban J connectivity index is 2.12. The molecule has 94 valence electrons. The Morgan fingerprint density at radius 2 is 2.18 bits per heavy atom. The van der Waals surface area contributed by atoms with E-state index in [0.29, 0.717) is 5.54 Å². The van der Waals surface area contributed by atoms with Crippen LogP contribution in [-0.4, -0.2) is 12.1 Å². The SMILES string of the molecule is CCC1(Cc2cccc(Br)c2)CCCCCN1. The van der Waals surface area contributed by atoms with E-state index in [-0.39, 0.29) is 0 Å². The van der Waals surface area contributed by atoms with E-state index < -0.39 is 0 Å². The lowest BCUT2D eigenvalue weighted by Crippen LogP contribution is -2.46. The summed E-state index contributed by atoms with van der Waals surface area (Å²) in [6.07, 6.45) is 7.78. The van der Waals surface area contributed by atoms with Crippen LogP contribution in [0.25, 0.3) is 0 Å². The molecular weight excluding hydrogens is 274 g/mol. The second kappa shape index (κ2) is 6.01. The topological polar surface area (TPSA) is 12.0 Å². The molecule has 0 amide bonds. The molecule has 2 rings (SSSR count). The van der Waals surface area contributed by atoms with Gasteiger partial charge in [-0.05, 0) is 49.9 Å². The van der Waals surface area contributed by atoms with Crippen molar-refractivity contribution in [3.63, 3.8) is 0 Å². The van der Waals surface area contributed by atoms with E-state index in [4.69, 9.17) is 0 Å². The van der Waals surface area contributed by atoms with Crippen LogP contribution in [0.15, 0.2) is 28.7 Å². The minimum Gasteiger partial charge on any atom is -0.311 e. The van der Waals surface area contributed by atoms with Crippen LogP contribution in [0, 0.1) is 0 Å². The highest BCUT2D eigenvalue weighted by atomic mass is 79.9. The standard InChI is InChI=1S/C15H22BrN/c1-2-15(9-4-3-5-10-17-15)12-13-7-6-8-14(16)11-13/h6-8,11,17H,2-5,9-10,12H2,1H3. The summed E-state index contributed by atoms with van der Waals surface area (Å²) >= 11 is 3.56. The number of hydrogen-bond donors (Lipinski definition) is 1. The highest BCUT2D eigenvalue weighted by Crippen LogP contribution is 2.27. The van der Waals surface area contributed by atoms with Gasteiger partial charge in [0.05, 0.1) is 0 Å². The van der Waals surface area contributed by atoms with Gasteiger partial charge in [-0.2, -0.15) is 0 Å². The molecule has 1 N–H and O–H groups in total. The average molecular weight is 296 g/mol. The quantitative estimate of drug-likeness (QED) is 0.876. The van der Waals surface area contributed by atoms with Crippen molar-refractivity contribution in [2.24, 2.45) is 0 Å². The first-order chi connectivity index (χ1) is 8.24. The van der Waals surface area contributed by atoms with Crippen molar-refractivity contribution in [1.29, 1.82) is 0 Å². The number of rotatable bonds is 3. The van der Waals surface area contributed by atoms with Crippen molar-refractivity contribution in [2.75, 3.05) is 6.54 Å². The van der Waals surface area contributed by atoms with E-state index in [1.54, 1.807) is 0 Å². The smallest absolute Gasteiger partial charge is 0.0219 e. The van der Waals surface area contributed by atoms with Crippen molar-refractivity contribution < 1.29 is 0 Å². The van der Waals surface area contributed by atoms with Gasteiger partial charge < -0.3 is 5.32 Å². The second-order valence-corrected chi connectivity index (χ2v) is 6.09. The van der Waals surface area contributed by atoms with Crippen molar-refractivity contribution in [3.8, 4) is 0 Å². The Labute approximate surface area is 113 Å². The van der Waals surface area contributed by atoms with Crippen LogP contribution >= 0.6 is 15.9 Å². The van der Waals surface area contributed by atoms with Gasteiger partial charge in [0.2, 0.25) is 0 Å². The monoisotopic (exact) mass is 295 g/mol. The van der Waals surface area contributed by atoms with E-state index in [2.05, 4.69) is 52.4 Å². The first-order valence-corrected chi connectivity index (χ1v) is 7.53. The molecule has 1 aliphatic heterocycles. The van der Waals surface area contributed by atoms with Crippen LogP contribution < -0.4 is 5.32 Å². The van der Waals surface area contributed by atoms with Crippen LogP contribution in [0.1, 0.15) is 44.6 Å². The van der Waals surface area contributed by atoms with Gasteiger partial charge in [-0.25, -0.2) is 0 Å². The largest absolute Gasteiger partial charge is 0.311 e. The molecule has 0 saturated carbocycles. The second-order valence-electron chi connectivity index (χ2n) is 5.18. The van der Waals surface area contributed by atoms with Crippen molar-refractivity contribution in [2.45, 2.75) is 51.0 Å². The van der Waals surface area contributed by atoms with Gasteiger partial charge in [-0.15, -0.1) is 0 Å². The molecule has 0 radical (unpaired) electrons. The van der Waals surface area contributed by atoms with Gasteiger partial charge >= 0.3 is 0 Å². The first-order valence-electron chi connectivity index (χ1n) is 6.74. The Bertz CT molecular complexity index is 354. The molecule has 0 spiro atoms. The summed E-state index contributed by atoms with van der Waals surface area (Å²) < 4.78 is 1.19. The normalized spacial score (nSPS) is 25.5. The fourth-order valence-electron chi connectivity index (χ4n) is 2.82. The number of nitrogens with one attached hydrogen (secondary N) is 1. The molecule has 0 aliphatic carbocycles. The molecular formula is C15H22BrN. The maximum Gasteiger partial charge on any atom is 0.0219 e. The molecule has 1 unspecified atom stereocenters. The zero-order chi connectivity index (χ0) is 12.1. The molecule has 1 aliphatic rings. The van der Waals surface area contributed by atoms with Gasteiger partial charge in [0, 0.05) is 10.0 Å². The zero-order valence-corrected chi connectivity index (χ0v) is 12.2. The van der Waals surface area contributed by atoms with E-state index in [1.165, 1.54) is 48.7 Å². The molecule has 0 bridgehead atoms. The minimum atomic E-state index is 0.331. The predicted molar refractivity (Wildman–Crippen MR) is 77.3 cm³/mol. The Kier molecular flexibility index (Phi) is 4.63. The molecule has 0 aromatic heterocycles. The van der Waals surface area contributed by atoms with E-state index >= 15 is 0 Å². The van der Waals surface area contributed by atoms with Gasteiger partial charge in [-0.1, -0.05) is 47.8 Å². The molecule has 1 aromatic rings. The van der Waals surface area contributed by atoms with Gasteiger partial charge in [0.15, 0.2) is 0 Å². The molecule has 1 saturated heterocycles. The molecule has 2 heteroatoms. The fraction of sp³-hybridized carbons (Fsp3) is 0.600. The summed E-state index contributed by atoms with van der Waals surface area (Å²) in [4.78, 5) is 0. The molecule has 1 fully saturated rings. The number of benzene rings is 1. The molecule has 1 atom stereocenters. The lowest BCUT2D eigenvalue weighted by atomic mass is 9.84. The summed E-state index contributed by atoms with van der Waals surface area (Å²) in [6, 6.07) is 8.74. The van der Waals surface area contributed by atoms with Crippen LogP contribution in [0.2, 0.25) is 0 Å². The Hall–Kier alpha value is -0.340. The maximum atomic E-state index is 3.80. The van der Waals surface area contributed by atoms with Crippen LogP contribution in [-0.2, 0) is 6.42 Å². The van der Waals surface area contributed by atoms with E-state index in [1.807, 2.05) is 0 Å². The summed E-state index contributed by atoms with van der Waals surface area (Å²) in [7, 11) is 0. The Morgan fingerprint density at radius 1 is 1.29 bits per heavy atom. The molecule has 1 heterocycles. The molecule has 1 aromatic carbocycles. The lowest BCUT2D eigenvalue weighted by molar-refractivity contribution is 0.302. The first kappa shape index (κ1) is 13.1. The molecule has 1 nitrogen and oxygen atoms in total. The van der Waals surface area contributed by atoms with Crippen molar-refractivity contribution >= 4 is 15.9 Å². The summed E-state index contributed by atoms with van der Waals surface area (Å²) in [6.45, 7) is 3.50.